The Balaban J connectivity index is 0.000000241. The Hall–Kier alpha value is -4.88. The number of unbranched alkanes of at least 4 members (excludes halogenated alkanes) is 15. The maximum Gasteiger partial charge on any atom is 0.357 e. The molecule has 0 aromatic heterocycles. The Kier molecular flexibility index (Phi) is 19.2. The number of anilines is 2. The molecular weight excluding hydrogens is 1060 g/mol. The van der Waals surface area contributed by atoms with Crippen LogP contribution in [0.3, 0.4) is 0 Å². The summed E-state index contributed by atoms with van der Waals surface area (Å²) < 4.78 is 56.9. The molecule has 0 radical (unpaired) electrons. The van der Waals surface area contributed by atoms with Crippen LogP contribution in [0.15, 0.2) is 72.8 Å². The molecule has 83 heavy (non-hydrogen) atoms. The van der Waals surface area contributed by atoms with E-state index in [4.69, 9.17) is 5.14 Å². The van der Waals surface area contributed by atoms with Crippen LogP contribution in [-0.4, -0.2) is 97.8 Å². The van der Waals surface area contributed by atoms with Crippen LogP contribution in [0.25, 0.3) is 23.3 Å². The summed E-state index contributed by atoms with van der Waals surface area (Å²) in [5.74, 6) is -0.161. The molecule has 0 bridgehead atoms. The fourth-order valence-corrected chi connectivity index (χ4v) is 17.5. The summed E-state index contributed by atoms with van der Waals surface area (Å²) in [4.78, 5) is 4.30. The number of likely N-dealkylation sites (N-methyl/N-ethyl adjacent to an activating group) is 3. The van der Waals surface area contributed by atoms with Gasteiger partial charge in [-0.2, -0.15) is 12.3 Å². The number of rotatable bonds is 24. The summed E-state index contributed by atoms with van der Waals surface area (Å²) >= 11 is 0. The molecule has 3 heterocycles. The number of hydrogen-bond donors (Lipinski definition) is 1. The highest BCUT2D eigenvalue weighted by molar-refractivity contribution is 7.92. The molecule has 2 aliphatic carbocycles. The average Bonchev–Trinajstić information content (AvgIpc) is 2.23. The van der Waals surface area contributed by atoms with Crippen LogP contribution in [-0.2, 0) is 30.9 Å². The van der Waals surface area contributed by atoms with Crippen LogP contribution in [0.2, 0.25) is 0 Å². The third-order valence-corrected chi connectivity index (χ3v) is 22.8. The number of nitrogens with zero attached hydrogens (tertiary/aromatic N) is 5. The van der Waals surface area contributed by atoms with Crippen molar-refractivity contribution >= 4 is 54.7 Å². The minimum atomic E-state index is -3.65. The third-order valence-electron chi connectivity index (χ3n) is 19.4. The second kappa shape index (κ2) is 24.8. The number of hydrogen-bond acceptors (Lipinski definition) is 6. The van der Waals surface area contributed by atoms with Gasteiger partial charge in [0, 0.05) is 95.8 Å². The van der Waals surface area contributed by atoms with Crippen LogP contribution >= 0.6 is 0 Å². The number of benzene rings is 4. The molecule has 0 amide bonds. The van der Waals surface area contributed by atoms with Crippen LogP contribution < -0.4 is 45.2 Å². The predicted molar refractivity (Wildman–Crippen MR) is 353 cm³/mol. The number of sulfonamides is 2. The molecule has 2 atom stereocenters. The van der Waals surface area contributed by atoms with Crippen molar-refractivity contribution < 1.29 is 20.7 Å². The molecule has 4 aromatic carbocycles. The van der Waals surface area contributed by atoms with Gasteiger partial charge in [0.15, 0.2) is 11.1 Å². The van der Waals surface area contributed by atoms with Gasteiger partial charge in [-0.15, -0.1) is 0 Å². The molecule has 4 aromatic rings. The van der Waals surface area contributed by atoms with Crippen molar-refractivity contribution in [3.63, 3.8) is 0 Å². The predicted octanol–water partition coefficient (Wildman–Crippen LogP) is 11.5. The first-order valence-corrected chi connectivity index (χ1v) is 35.0. The van der Waals surface area contributed by atoms with Gasteiger partial charge in [0.1, 0.15) is 13.1 Å². The summed E-state index contributed by atoms with van der Waals surface area (Å²) in [5, 5.41) is 9.56. The molecule has 2 N–H and O–H groups in total. The van der Waals surface area contributed by atoms with E-state index < -0.39 is 25.4 Å². The fraction of sp³-hybridized carbons (Fsp3) is 0.577. The SMILES string of the molecule is CCCCCCCCCCCCCCCCCC[N+]1(C)C(C2=CC(C)(C)[N+](CC)=c3cc4c(cc32)=Cc2ccc(N(C)C)cc2C4(C)C)S1(=O)=O.CC[N+]1=c2cc3c(cc2C(CS(N)(=O)=O)=CC1(C)C)=Cc1ccc(N(C)C)cc1C3(C)C. The first kappa shape index (κ1) is 64.1. The largest absolute Gasteiger partial charge is 0.378 e. The maximum absolute atomic E-state index is 13.9. The van der Waals surface area contributed by atoms with Gasteiger partial charge in [0.2, 0.25) is 20.7 Å². The summed E-state index contributed by atoms with van der Waals surface area (Å²) in [5.41, 5.74) is 12.9. The van der Waals surface area contributed by atoms with Crippen molar-refractivity contribution in [3.8, 4) is 0 Å². The molecule has 1 fully saturated rings. The summed E-state index contributed by atoms with van der Waals surface area (Å²) in [6.45, 7) is 27.0. The van der Waals surface area contributed by atoms with E-state index in [2.05, 4.69) is 208 Å². The van der Waals surface area contributed by atoms with Gasteiger partial charge in [-0.05, 0) is 137 Å². The van der Waals surface area contributed by atoms with Crippen molar-refractivity contribution in [1.82, 2.24) is 9.15 Å². The molecule has 0 saturated carbocycles. The Morgan fingerprint density at radius 1 is 0.542 bits per heavy atom. The molecule has 5 aliphatic rings. The molecule has 2 unspecified atom stereocenters. The zero-order valence-corrected chi connectivity index (χ0v) is 55.7. The molecule has 10 nitrogen and oxygen atoms in total. The van der Waals surface area contributed by atoms with Crippen molar-refractivity contribution in [3.05, 3.63) is 138 Å². The van der Waals surface area contributed by atoms with Crippen molar-refractivity contribution in [2.75, 3.05) is 70.4 Å². The van der Waals surface area contributed by atoms with Crippen molar-refractivity contribution in [2.24, 2.45) is 5.14 Å². The van der Waals surface area contributed by atoms with Gasteiger partial charge in [-0.25, -0.2) is 22.7 Å². The standard InChI is InChI=1S/C45H71N3O2S.C26H34N3O2S/c1-10-12-13-14-15-16-17-18-19-20-21-22-23-24-25-26-29-48(9)43(51(48,49)50)39-34-44(3,4)47(11-2)42-33-41-36(31-38(39)42)30-35-27-28-37(46(7)8)32-40(35)45(41,5)6;1-8-29-24-14-23-18(12-21(24)19(15-25(29,2)3)16-32(27,30)31)11-17-9-10-20(28(6)7)13-22(17)26(23,4)5/h27-28,30-34,43H,10-26,29H2,1-9H3;9-15H,8,16H2,1-7H3,(H2,27,30,31)/q+2;+1. The molecule has 9 rings (SSSR count). The number of primary sulfonamides is 1. The van der Waals surface area contributed by atoms with E-state index >= 15 is 0 Å². The normalized spacial score (nSPS) is 20.5. The smallest absolute Gasteiger partial charge is 0.357 e. The summed E-state index contributed by atoms with van der Waals surface area (Å²) in [6.07, 6.45) is 30.1. The molecule has 12 heteroatoms. The molecule has 0 spiro atoms. The van der Waals surface area contributed by atoms with Crippen molar-refractivity contribution in [2.45, 2.75) is 206 Å². The maximum atomic E-state index is 13.9. The molecule has 452 valence electrons. The number of nitrogens with two attached hydrogens (primary N) is 1. The molecule has 1 saturated heterocycles. The Morgan fingerprint density at radius 3 is 1.35 bits per heavy atom. The minimum absolute atomic E-state index is 0.140. The Morgan fingerprint density at radius 2 is 0.940 bits per heavy atom. The van der Waals surface area contributed by atoms with E-state index in [1.165, 1.54) is 145 Å². The van der Waals surface area contributed by atoms with E-state index in [9.17, 15) is 16.8 Å². The first-order valence-electron chi connectivity index (χ1n) is 31.8. The van der Waals surface area contributed by atoms with Crippen molar-refractivity contribution in [1.29, 1.82) is 0 Å². The van der Waals surface area contributed by atoms with Gasteiger partial charge in [-0.1, -0.05) is 137 Å². The van der Waals surface area contributed by atoms with E-state index in [-0.39, 0.29) is 31.5 Å². The van der Waals surface area contributed by atoms with Crippen LogP contribution in [0.1, 0.15) is 223 Å². The van der Waals surface area contributed by atoms with Crippen LogP contribution in [0.4, 0.5) is 11.4 Å². The quantitative estimate of drug-likeness (QED) is 0.0324. The van der Waals surface area contributed by atoms with E-state index in [0.717, 1.165) is 58.8 Å². The van der Waals surface area contributed by atoms with Gasteiger partial charge >= 0.3 is 10.0 Å². The zero-order chi connectivity index (χ0) is 60.7. The zero-order valence-electron chi connectivity index (χ0n) is 54.1. The van der Waals surface area contributed by atoms with E-state index in [1.54, 1.807) is 0 Å². The van der Waals surface area contributed by atoms with E-state index in [1.807, 2.05) is 7.05 Å². The Labute approximate surface area is 502 Å². The second-order valence-corrected chi connectivity index (χ2v) is 31.6. The van der Waals surface area contributed by atoms with Gasteiger partial charge in [-0.3, -0.25) is 0 Å². The third kappa shape index (κ3) is 13.1. The molecule has 3 aliphatic heterocycles. The number of fused-ring (bicyclic) bond motifs is 6. The minimum Gasteiger partial charge on any atom is -0.378 e. The summed E-state index contributed by atoms with van der Waals surface area (Å²) in [6, 6.07) is 22.5. The average molecular weight is 1170 g/mol. The lowest BCUT2D eigenvalue weighted by atomic mass is 9.71. The van der Waals surface area contributed by atoms with Gasteiger partial charge in [0.25, 0.3) is 5.37 Å². The highest BCUT2D eigenvalue weighted by atomic mass is 32.2. The topological polar surface area (TPSA) is 107 Å². The lowest BCUT2D eigenvalue weighted by Crippen LogP contribution is -2.51. The second-order valence-electron chi connectivity index (χ2n) is 27.7. The fourth-order valence-electron chi connectivity index (χ4n) is 14.6. The number of quaternary nitrogens is 1. The van der Waals surface area contributed by atoms with E-state index in [0.29, 0.717) is 6.54 Å². The monoisotopic (exact) mass is 1170 g/mol. The Bertz CT molecular complexity index is 3660. The highest BCUT2D eigenvalue weighted by Crippen LogP contribution is 2.50. The van der Waals surface area contributed by atoms with Gasteiger partial charge < -0.3 is 9.80 Å². The lowest BCUT2D eigenvalue weighted by molar-refractivity contribution is -0.722. The van der Waals surface area contributed by atoms with Crippen LogP contribution in [0.5, 0.6) is 0 Å². The van der Waals surface area contributed by atoms with Gasteiger partial charge in [0.05, 0.1) is 30.5 Å². The molecular formula is C71H105N6O4S2+3. The first-order chi connectivity index (χ1) is 38.9. The van der Waals surface area contributed by atoms with Crippen LogP contribution in [0, 0.1) is 0 Å². The lowest BCUT2D eigenvalue weighted by Gasteiger charge is -2.34. The summed E-state index contributed by atoms with van der Waals surface area (Å²) in [7, 11) is 3.33. The highest BCUT2D eigenvalue weighted by Gasteiger charge is 2.73.